The monoisotopic (exact) mass is 478 g/mol. The molecule has 4 aromatic rings. The first-order chi connectivity index (χ1) is 16.7. The van der Waals surface area contributed by atoms with Crippen LogP contribution in [0.1, 0.15) is 27.3 Å². The van der Waals surface area contributed by atoms with Crippen LogP contribution >= 0.6 is 0 Å². The minimum absolute atomic E-state index is 0.0157. The summed E-state index contributed by atoms with van der Waals surface area (Å²) in [7, 11) is 0. The highest BCUT2D eigenvalue weighted by Gasteiger charge is 2.32. The predicted molar refractivity (Wildman–Crippen MR) is 128 cm³/mol. The van der Waals surface area contributed by atoms with Gasteiger partial charge in [-0.15, -0.1) is 0 Å². The summed E-state index contributed by atoms with van der Waals surface area (Å²) in [5, 5.41) is 9.00. The van der Waals surface area contributed by atoms with Gasteiger partial charge in [-0.2, -0.15) is 18.2 Å². The van der Waals surface area contributed by atoms with Crippen molar-refractivity contribution in [3.63, 3.8) is 0 Å². The second-order valence-electron chi connectivity index (χ2n) is 7.80. The van der Waals surface area contributed by atoms with E-state index in [2.05, 4.69) is 30.9 Å². The molecule has 0 atom stereocenters. The first-order valence-corrected chi connectivity index (χ1v) is 10.6. The van der Waals surface area contributed by atoms with E-state index < -0.39 is 17.8 Å². The predicted octanol–water partition coefficient (Wildman–Crippen LogP) is 6.25. The smallest absolute Gasteiger partial charge is 0.340 e. The second-order valence-corrected chi connectivity index (χ2v) is 7.80. The third-order valence-electron chi connectivity index (χ3n) is 4.89. The first-order valence-electron chi connectivity index (χ1n) is 10.6. The van der Waals surface area contributed by atoms with Gasteiger partial charge in [0.25, 0.3) is 5.91 Å². The maximum atomic E-state index is 12.6. The van der Waals surface area contributed by atoms with Gasteiger partial charge >= 0.3 is 6.18 Å². The molecule has 1 amide bonds. The minimum atomic E-state index is -4.56. The highest BCUT2D eigenvalue weighted by Crippen LogP contribution is 2.27. The van der Waals surface area contributed by atoms with Crippen LogP contribution < -0.4 is 16.0 Å². The maximum Gasteiger partial charge on any atom is 0.433 e. The molecule has 0 fully saturated rings. The summed E-state index contributed by atoms with van der Waals surface area (Å²) in [6.45, 7) is 3.88. The van der Waals surface area contributed by atoms with Crippen LogP contribution in [0.15, 0.2) is 72.9 Å². The molecule has 0 bridgehead atoms. The number of nitrogens with one attached hydrogen (secondary N) is 3. The minimum Gasteiger partial charge on any atom is -0.340 e. The van der Waals surface area contributed by atoms with Gasteiger partial charge < -0.3 is 16.0 Å². The molecular weight excluding hydrogens is 457 g/mol. The van der Waals surface area contributed by atoms with Gasteiger partial charge in [0.15, 0.2) is 0 Å². The summed E-state index contributed by atoms with van der Waals surface area (Å²) in [5.41, 5.74) is 2.95. The van der Waals surface area contributed by atoms with Gasteiger partial charge in [0.05, 0.1) is 5.56 Å². The van der Waals surface area contributed by atoms with Crippen LogP contribution in [0.3, 0.4) is 0 Å². The van der Waals surface area contributed by atoms with Crippen molar-refractivity contribution in [1.29, 1.82) is 0 Å². The highest BCUT2D eigenvalue weighted by molar-refractivity contribution is 6.04. The van der Waals surface area contributed by atoms with Crippen molar-refractivity contribution >= 4 is 34.7 Å². The summed E-state index contributed by atoms with van der Waals surface area (Å²) < 4.78 is 37.9. The van der Waals surface area contributed by atoms with Gasteiger partial charge in [-0.1, -0.05) is 17.7 Å². The molecule has 2 aromatic carbocycles. The SMILES string of the molecule is Cc1ccc(Nc2cc(C)nc(Nc3ccc(NC(=O)c4ccc(C(F)(F)F)nc4)cc3)n2)cc1. The van der Waals surface area contributed by atoms with E-state index in [0.29, 0.717) is 23.1 Å². The average molecular weight is 478 g/mol. The summed E-state index contributed by atoms with van der Waals surface area (Å²) in [5.74, 6) is 0.464. The van der Waals surface area contributed by atoms with Gasteiger partial charge in [0.2, 0.25) is 5.95 Å². The van der Waals surface area contributed by atoms with E-state index in [1.54, 1.807) is 24.3 Å². The molecule has 0 radical (unpaired) electrons. The van der Waals surface area contributed by atoms with E-state index >= 15 is 0 Å². The zero-order chi connectivity index (χ0) is 25.0. The highest BCUT2D eigenvalue weighted by atomic mass is 19.4. The second kappa shape index (κ2) is 9.80. The Labute approximate surface area is 199 Å². The van der Waals surface area contributed by atoms with Crippen molar-refractivity contribution in [1.82, 2.24) is 15.0 Å². The number of hydrogen-bond acceptors (Lipinski definition) is 6. The van der Waals surface area contributed by atoms with Crippen LogP contribution in [0, 0.1) is 13.8 Å². The Kier molecular flexibility index (Phi) is 6.63. The third kappa shape index (κ3) is 6.32. The van der Waals surface area contributed by atoms with Gasteiger partial charge in [0.1, 0.15) is 11.5 Å². The number of benzene rings is 2. The number of aromatic nitrogens is 3. The molecule has 0 spiro atoms. The van der Waals surface area contributed by atoms with Crippen molar-refractivity contribution in [3.05, 3.63) is 95.4 Å². The third-order valence-corrected chi connectivity index (χ3v) is 4.89. The van der Waals surface area contributed by atoms with Crippen LogP contribution in [0.2, 0.25) is 0 Å². The summed E-state index contributed by atoms with van der Waals surface area (Å²) in [4.78, 5) is 24.5. The molecule has 2 aromatic heterocycles. The van der Waals surface area contributed by atoms with Crippen LogP contribution in [-0.4, -0.2) is 20.9 Å². The number of halogens is 3. The Hall–Kier alpha value is -4.47. The Balaban J connectivity index is 1.40. The molecule has 0 unspecified atom stereocenters. The number of alkyl halides is 3. The topological polar surface area (TPSA) is 91.8 Å². The van der Waals surface area contributed by atoms with Crippen molar-refractivity contribution in [2.45, 2.75) is 20.0 Å². The van der Waals surface area contributed by atoms with Crippen LogP contribution in [-0.2, 0) is 6.18 Å². The molecule has 3 N–H and O–H groups in total. The van der Waals surface area contributed by atoms with E-state index in [1.165, 1.54) is 0 Å². The summed E-state index contributed by atoms with van der Waals surface area (Å²) in [6.07, 6.45) is -3.66. The molecule has 10 heteroatoms. The molecule has 0 aliphatic rings. The number of pyridine rings is 1. The van der Waals surface area contributed by atoms with Crippen molar-refractivity contribution in [3.8, 4) is 0 Å². The molecule has 0 saturated carbocycles. The largest absolute Gasteiger partial charge is 0.433 e. The van der Waals surface area contributed by atoms with Crippen molar-refractivity contribution in [2.75, 3.05) is 16.0 Å². The lowest BCUT2D eigenvalue weighted by molar-refractivity contribution is -0.141. The molecule has 35 heavy (non-hydrogen) atoms. The van der Waals surface area contributed by atoms with E-state index in [1.807, 2.05) is 44.2 Å². The summed E-state index contributed by atoms with van der Waals surface area (Å²) >= 11 is 0. The van der Waals surface area contributed by atoms with Crippen LogP contribution in [0.5, 0.6) is 0 Å². The number of anilines is 5. The average Bonchev–Trinajstić information content (AvgIpc) is 2.81. The van der Waals surface area contributed by atoms with Gasteiger partial charge in [-0.25, -0.2) is 4.98 Å². The number of carbonyl (C=O) groups is 1. The molecule has 2 heterocycles. The molecule has 0 saturated heterocycles. The zero-order valence-corrected chi connectivity index (χ0v) is 18.8. The molecule has 4 rings (SSSR count). The van der Waals surface area contributed by atoms with Crippen LogP contribution in [0.4, 0.5) is 42.0 Å². The van der Waals surface area contributed by atoms with E-state index in [0.717, 1.165) is 35.3 Å². The van der Waals surface area contributed by atoms with E-state index in [-0.39, 0.29) is 5.56 Å². The lowest BCUT2D eigenvalue weighted by atomic mass is 10.2. The fourth-order valence-corrected chi connectivity index (χ4v) is 3.14. The molecule has 0 aliphatic carbocycles. The Morgan fingerprint density at radius 2 is 1.43 bits per heavy atom. The van der Waals surface area contributed by atoms with Crippen molar-refractivity contribution < 1.29 is 18.0 Å². The fourth-order valence-electron chi connectivity index (χ4n) is 3.14. The quantitative estimate of drug-likeness (QED) is 0.304. The fraction of sp³-hybridized carbons (Fsp3) is 0.120. The summed E-state index contributed by atoms with van der Waals surface area (Å²) in [6, 6.07) is 18.4. The standard InChI is InChI=1S/C25H21F3N6O/c1-15-3-6-18(7-4-15)31-22-13-16(2)30-24(34-22)33-20-10-8-19(9-11-20)32-23(35)17-5-12-21(29-14-17)25(26,27)28/h3-14H,1-2H3,(H,32,35)(H2,30,31,33,34). The van der Waals surface area contributed by atoms with E-state index in [4.69, 9.17) is 0 Å². The van der Waals surface area contributed by atoms with Gasteiger partial charge in [-0.05, 0) is 62.4 Å². The number of hydrogen-bond donors (Lipinski definition) is 3. The number of rotatable bonds is 6. The Morgan fingerprint density at radius 3 is 2.06 bits per heavy atom. The normalized spacial score (nSPS) is 11.1. The Bertz CT molecular complexity index is 1320. The number of amides is 1. The lowest BCUT2D eigenvalue weighted by Crippen LogP contribution is -2.14. The van der Waals surface area contributed by atoms with Gasteiger partial charge in [0, 0.05) is 35.0 Å². The molecule has 178 valence electrons. The number of aryl methyl sites for hydroxylation is 2. The molecular formula is C25H21F3N6O. The Morgan fingerprint density at radius 1 is 0.800 bits per heavy atom. The first kappa shape index (κ1) is 23.7. The molecule has 7 nitrogen and oxygen atoms in total. The van der Waals surface area contributed by atoms with Crippen LogP contribution in [0.25, 0.3) is 0 Å². The zero-order valence-electron chi connectivity index (χ0n) is 18.8. The van der Waals surface area contributed by atoms with Gasteiger partial charge in [-0.3, -0.25) is 9.78 Å². The lowest BCUT2D eigenvalue weighted by Gasteiger charge is -2.11. The number of nitrogens with zero attached hydrogens (tertiary/aromatic N) is 3. The van der Waals surface area contributed by atoms with Crippen molar-refractivity contribution in [2.24, 2.45) is 0 Å². The number of carbonyl (C=O) groups excluding carboxylic acids is 1. The van der Waals surface area contributed by atoms with E-state index in [9.17, 15) is 18.0 Å². The maximum absolute atomic E-state index is 12.6. The molecule has 0 aliphatic heterocycles.